The number of hydrogen-bond donors (Lipinski definition) is 1. The molecule has 0 atom stereocenters. The summed E-state index contributed by atoms with van der Waals surface area (Å²) in [4.78, 5) is 7.43. The summed E-state index contributed by atoms with van der Waals surface area (Å²) in [7, 11) is 1.31. The first-order chi connectivity index (χ1) is 12.5. The van der Waals surface area contributed by atoms with Crippen LogP contribution in [0.5, 0.6) is 11.5 Å². The molecule has 1 heterocycles. The molecule has 0 bridgehead atoms. The Morgan fingerprint density at radius 1 is 1.35 bits per heavy atom. The number of H-pyrrole nitrogens is 1. The number of alkyl halides is 2. The second kappa shape index (κ2) is 7.42. The number of fused-ring (bicyclic) bond motifs is 1. The number of halogens is 3. The van der Waals surface area contributed by atoms with Crippen LogP contribution in [0.2, 0.25) is 5.02 Å². The van der Waals surface area contributed by atoms with Gasteiger partial charge in [0.2, 0.25) is 0 Å². The highest BCUT2D eigenvalue weighted by Gasteiger charge is 2.16. The summed E-state index contributed by atoms with van der Waals surface area (Å²) >= 11 is 6.02. The summed E-state index contributed by atoms with van der Waals surface area (Å²) in [5.74, 6) is 0.159. The van der Waals surface area contributed by atoms with Gasteiger partial charge in [0.25, 0.3) is 0 Å². The van der Waals surface area contributed by atoms with Crippen LogP contribution in [0.25, 0.3) is 22.7 Å². The summed E-state index contributed by atoms with van der Waals surface area (Å²) in [6.45, 7) is -3.03. The monoisotopic (exact) mass is 375 g/mol. The lowest BCUT2D eigenvalue weighted by molar-refractivity contribution is -0.0511. The minimum atomic E-state index is -3.03. The Hall–Kier alpha value is -3.11. The highest BCUT2D eigenvalue weighted by atomic mass is 35.5. The number of ether oxygens (including phenoxy) is 2. The minimum Gasteiger partial charge on any atom is -0.493 e. The van der Waals surface area contributed by atoms with Gasteiger partial charge in [-0.3, -0.25) is 0 Å². The van der Waals surface area contributed by atoms with Gasteiger partial charge >= 0.3 is 6.61 Å². The van der Waals surface area contributed by atoms with Crippen molar-refractivity contribution in [3.63, 3.8) is 0 Å². The van der Waals surface area contributed by atoms with E-state index in [0.29, 0.717) is 11.4 Å². The smallest absolute Gasteiger partial charge is 0.387 e. The molecule has 3 aromatic rings. The van der Waals surface area contributed by atoms with Gasteiger partial charge in [0.1, 0.15) is 11.9 Å². The van der Waals surface area contributed by atoms with Gasteiger partial charge in [0, 0.05) is 0 Å². The van der Waals surface area contributed by atoms with Crippen molar-refractivity contribution in [3.05, 3.63) is 52.8 Å². The highest BCUT2D eigenvalue weighted by Crippen LogP contribution is 2.38. The highest BCUT2D eigenvalue weighted by molar-refractivity contribution is 6.32. The number of rotatable bonds is 5. The molecule has 0 fully saturated rings. The van der Waals surface area contributed by atoms with E-state index < -0.39 is 6.61 Å². The van der Waals surface area contributed by atoms with Crippen LogP contribution in [0, 0.1) is 11.3 Å². The number of para-hydroxylation sites is 2. The van der Waals surface area contributed by atoms with Gasteiger partial charge in [0.15, 0.2) is 11.5 Å². The Labute approximate surface area is 152 Å². The average molecular weight is 376 g/mol. The van der Waals surface area contributed by atoms with Gasteiger partial charge in [-0.2, -0.15) is 14.0 Å². The molecule has 0 saturated heterocycles. The maximum absolute atomic E-state index is 12.5. The molecule has 0 aliphatic heterocycles. The molecular formula is C18H12ClF2N3O2. The molecule has 132 valence electrons. The second-order valence-electron chi connectivity index (χ2n) is 5.18. The van der Waals surface area contributed by atoms with Gasteiger partial charge in [-0.15, -0.1) is 0 Å². The van der Waals surface area contributed by atoms with E-state index in [1.807, 2.05) is 24.3 Å². The molecule has 3 rings (SSSR count). The SMILES string of the molecule is COc1cc(/C=C(/C#N)c2nc3ccccc3[nH]2)cc(Cl)c1OC(F)F. The summed E-state index contributed by atoms with van der Waals surface area (Å²) in [5.41, 5.74) is 2.24. The van der Waals surface area contributed by atoms with Gasteiger partial charge < -0.3 is 14.5 Å². The summed E-state index contributed by atoms with van der Waals surface area (Å²) < 4.78 is 34.4. The number of imidazole rings is 1. The van der Waals surface area contributed by atoms with E-state index in [1.54, 1.807) is 0 Å². The van der Waals surface area contributed by atoms with Crippen molar-refractivity contribution in [1.29, 1.82) is 5.26 Å². The number of nitrogens with one attached hydrogen (secondary N) is 1. The fraction of sp³-hybridized carbons (Fsp3) is 0.111. The van der Waals surface area contributed by atoms with E-state index in [1.165, 1.54) is 25.3 Å². The van der Waals surface area contributed by atoms with Crippen LogP contribution in [0.3, 0.4) is 0 Å². The number of methoxy groups -OCH3 is 1. The zero-order valence-electron chi connectivity index (χ0n) is 13.5. The van der Waals surface area contributed by atoms with Crippen molar-refractivity contribution in [2.45, 2.75) is 6.61 Å². The molecule has 2 aromatic carbocycles. The van der Waals surface area contributed by atoms with E-state index >= 15 is 0 Å². The first-order valence-corrected chi connectivity index (χ1v) is 7.79. The van der Waals surface area contributed by atoms with E-state index in [-0.39, 0.29) is 22.1 Å². The maximum atomic E-state index is 12.5. The lowest BCUT2D eigenvalue weighted by Crippen LogP contribution is -2.04. The van der Waals surface area contributed by atoms with E-state index in [4.69, 9.17) is 16.3 Å². The number of nitrogens with zero attached hydrogens (tertiary/aromatic N) is 2. The number of aromatic amines is 1. The Bertz CT molecular complexity index is 992. The fourth-order valence-electron chi connectivity index (χ4n) is 2.43. The van der Waals surface area contributed by atoms with Crippen molar-refractivity contribution in [2.24, 2.45) is 0 Å². The molecule has 8 heteroatoms. The van der Waals surface area contributed by atoms with Crippen molar-refractivity contribution < 1.29 is 18.3 Å². The average Bonchev–Trinajstić information content (AvgIpc) is 3.05. The van der Waals surface area contributed by atoms with E-state index in [9.17, 15) is 14.0 Å². The zero-order chi connectivity index (χ0) is 18.7. The number of aromatic nitrogens is 2. The Kier molecular flexibility index (Phi) is 5.05. The summed E-state index contributed by atoms with van der Waals surface area (Å²) in [5, 5.41) is 9.41. The van der Waals surface area contributed by atoms with Gasteiger partial charge in [-0.1, -0.05) is 23.7 Å². The molecule has 26 heavy (non-hydrogen) atoms. The number of hydrogen-bond acceptors (Lipinski definition) is 4. The third-order valence-electron chi connectivity index (χ3n) is 3.53. The first-order valence-electron chi connectivity index (χ1n) is 7.41. The standard InChI is InChI=1S/C18H12ClF2N3O2/c1-25-15-8-10(7-12(19)16(15)26-18(20)21)6-11(9-22)17-23-13-4-2-3-5-14(13)24-17/h2-8,18H,1H3,(H,23,24)/b11-6-. The van der Waals surface area contributed by atoms with Crippen LogP contribution < -0.4 is 9.47 Å². The van der Waals surface area contributed by atoms with Gasteiger partial charge in [0.05, 0.1) is 28.7 Å². The van der Waals surface area contributed by atoms with Crippen LogP contribution in [0.1, 0.15) is 11.4 Å². The van der Waals surface area contributed by atoms with Crippen LogP contribution in [0.4, 0.5) is 8.78 Å². The number of nitriles is 1. The predicted molar refractivity (Wildman–Crippen MR) is 94.2 cm³/mol. The predicted octanol–water partition coefficient (Wildman–Crippen LogP) is 4.89. The second-order valence-corrected chi connectivity index (χ2v) is 5.59. The molecular weight excluding hydrogens is 364 g/mol. The normalized spacial score (nSPS) is 11.6. The van der Waals surface area contributed by atoms with Crippen LogP contribution in [-0.2, 0) is 0 Å². The quantitative estimate of drug-likeness (QED) is 0.644. The largest absolute Gasteiger partial charge is 0.493 e. The van der Waals surface area contributed by atoms with Crippen LogP contribution in [-0.4, -0.2) is 23.7 Å². The molecule has 1 aromatic heterocycles. The minimum absolute atomic E-state index is 0.0333. The molecule has 0 saturated carbocycles. The number of allylic oxidation sites excluding steroid dienone is 1. The topological polar surface area (TPSA) is 70.9 Å². The molecule has 0 unspecified atom stereocenters. The fourth-order valence-corrected chi connectivity index (χ4v) is 2.69. The van der Waals surface area contributed by atoms with Crippen molar-refractivity contribution in [2.75, 3.05) is 7.11 Å². The van der Waals surface area contributed by atoms with Crippen LogP contribution >= 0.6 is 11.6 Å². The Morgan fingerprint density at radius 2 is 2.12 bits per heavy atom. The first kappa shape index (κ1) is 17.7. The lowest BCUT2D eigenvalue weighted by atomic mass is 10.1. The number of benzene rings is 2. The van der Waals surface area contributed by atoms with Gasteiger partial charge in [-0.25, -0.2) is 4.98 Å². The van der Waals surface area contributed by atoms with E-state index in [0.717, 1.165) is 11.0 Å². The van der Waals surface area contributed by atoms with E-state index in [2.05, 4.69) is 20.8 Å². The molecule has 0 spiro atoms. The van der Waals surface area contributed by atoms with Crippen molar-refractivity contribution >= 4 is 34.3 Å². The Balaban J connectivity index is 2.04. The molecule has 0 radical (unpaired) electrons. The molecule has 1 N–H and O–H groups in total. The summed E-state index contributed by atoms with van der Waals surface area (Å²) in [6, 6.07) is 12.3. The molecule has 0 aliphatic rings. The van der Waals surface area contributed by atoms with Crippen molar-refractivity contribution in [3.8, 4) is 17.6 Å². The van der Waals surface area contributed by atoms with Crippen molar-refractivity contribution in [1.82, 2.24) is 9.97 Å². The molecule has 0 aliphatic carbocycles. The third-order valence-corrected chi connectivity index (χ3v) is 3.82. The Morgan fingerprint density at radius 3 is 2.77 bits per heavy atom. The maximum Gasteiger partial charge on any atom is 0.387 e. The third kappa shape index (κ3) is 3.60. The zero-order valence-corrected chi connectivity index (χ0v) is 14.2. The van der Waals surface area contributed by atoms with Gasteiger partial charge in [-0.05, 0) is 35.9 Å². The molecule has 5 nitrogen and oxygen atoms in total. The summed E-state index contributed by atoms with van der Waals surface area (Å²) in [6.07, 6.45) is 1.53. The lowest BCUT2D eigenvalue weighted by Gasteiger charge is -2.12. The van der Waals surface area contributed by atoms with Crippen LogP contribution in [0.15, 0.2) is 36.4 Å². The molecule has 0 amide bonds.